The van der Waals surface area contributed by atoms with Crippen LogP contribution in [0.25, 0.3) is 10.9 Å². The number of anilines is 1. The Hall–Kier alpha value is -1.83. The van der Waals surface area contributed by atoms with Crippen LogP contribution in [0, 0.1) is 11.3 Å². The molecule has 2 saturated heterocycles. The number of hydrogen-bond acceptors (Lipinski definition) is 4. The van der Waals surface area contributed by atoms with Crippen molar-refractivity contribution in [2.45, 2.75) is 38.3 Å². The molecule has 2 aliphatic rings. The third-order valence-electron chi connectivity index (χ3n) is 5.46. The Labute approximate surface area is 147 Å². The van der Waals surface area contributed by atoms with Crippen molar-refractivity contribution >= 4 is 28.3 Å². The molecule has 3 heterocycles. The van der Waals surface area contributed by atoms with Gasteiger partial charge in [-0.2, -0.15) is 5.26 Å². The average molecular weight is 341 g/mol. The van der Waals surface area contributed by atoms with E-state index in [1.807, 2.05) is 24.3 Å². The summed E-state index contributed by atoms with van der Waals surface area (Å²) in [6.07, 6.45) is 3.61. The second kappa shape index (κ2) is 6.23. The SMILES string of the molecule is CCN1CCC2CCC(C1)N2c1cc(C#N)c2cc(Cl)ccc2n1. The van der Waals surface area contributed by atoms with Crippen molar-refractivity contribution in [2.24, 2.45) is 0 Å². The topological polar surface area (TPSA) is 43.2 Å². The van der Waals surface area contributed by atoms with Crippen molar-refractivity contribution in [2.75, 3.05) is 24.5 Å². The summed E-state index contributed by atoms with van der Waals surface area (Å²) in [6, 6.07) is 10.9. The molecule has 5 heteroatoms. The van der Waals surface area contributed by atoms with Crippen LogP contribution in [0.3, 0.4) is 0 Å². The lowest BCUT2D eigenvalue weighted by Gasteiger charge is -2.30. The van der Waals surface area contributed by atoms with Crippen molar-refractivity contribution in [3.8, 4) is 6.07 Å². The Bertz CT molecular complexity index is 813. The molecule has 0 N–H and O–H groups in total. The Morgan fingerprint density at radius 1 is 1.25 bits per heavy atom. The van der Waals surface area contributed by atoms with Crippen LogP contribution in [0.15, 0.2) is 24.3 Å². The van der Waals surface area contributed by atoms with E-state index in [4.69, 9.17) is 16.6 Å². The maximum atomic E-state index is 9.58. The fraction of sp³-hybridized carbons (Fsp3) is 0.474. The highest BCUT2D eigenvalue weighted by Gasteiger charge is 2.37. The van der Waals surface area contributed by atoms with Crippen LogP contribution in [0.5, 0.6) is 0 Å². The Balaban J connectivity index is 1.79. The molecule has 0 radical (unpaired) electrons. The van der Waals surface area contributed by atoms with E-state index in [1.54, 1.807) is 0 Å². The minimum absolute atomic E-state index is 0.501. The number of likely N-dealkylation sites (tertiary alicyclic amines) is 1. The van der Waals surface area contributed by atoms with E-state index >= 15 is 0 Å². The fourth-order valence-corrected chi connectivity index (χ4v) is 4.39. The van der Waals surface area contributed by atoms with Gasteiger partial charge in [0.1, 0.15) is 5.82 Å². The summed E-state index contributed by atoms with van der Waals surface area (Å²) >= 11 is 6.09. The zero-order valence-electron chi connectivity index (χ0n) is 13.9. The Morgan fingerprint density at radius 2 is 2.08 bits per heavy atom. The normalized spacial score (nSPS) is 24.1. The molecule has 2 aromatic rings. The molecule has 2 aliphatic heterocycles. The highest BCUT2D eigenvalue weighted by molar-refractivity contribution is 6.31. The molecule has 0 aliphatic carbocycles. The summed E-state index contributed by atoms with van der Waals surface area (Å²) in [5.74, 6) is 0.951. The molecule has 2 bridgehead atoms. The van der Waals surface area contributed by atoms with Gasteiger partial charge in [0, 0.05) is 35.6 Å². The first kappa shape index (κ1) is 15.7. The van der Waals surface area contributed by atoms with Gasteiger partial charge in [-0.1, -0.05) is 18.5 Å². The van der Waals surface area contributed by atoms with Gasteiger partial charge in [0.25, 0.3) is 0 Å². The summed E-state index contributed by atoms with van der Waals surface area (Å²) in [6.45, 7) is 5.58. The molecule has 0 spiro atoms. The molecule has 4 rings (SSSR count). The molecule has 24 heavy (non-hydrogen) atoms. The van der Waals surface area contributed by atoms with Gasteiger partial charge in [-0.25, -0.2) is 4.98 Å². The molecule has 1 aromatic carbocycles. The number of nitriles is 1. The summed E-state index contributed by atoms with van der Waals surface area (Å²) in [5.41, 5.74) is 1.51. The first-order valence-electron chi connectivity index (χ1n) is 8.70. The number of likely N-dealkylation sites (N-methyl/N-ethyl adjacent to an activating group) is 1. The van der Waals surface area contributed by atoms with Gasteiger partial charge >= 0.3 is 0 Å². The van der Waals surface area contributed by atoms with Crippen molar-refractivity contribution in [3.63, 3.8) is 0 Å². The number of halogens is 1. The number of aromatic nitrogens is 1. The fourth-order valence-electron chi connectivity index (χ4n) is 4.21. The number of fused-ring (bicyclic) bond motifs is 3. The molecule has 2 atom stereocenters. The predicted molar refractivity (Wildman–Crippen MR) is 97.5 cm³/mol. The van der Waals surface area contributed by atoms with Crippen molar-refractivity contribution in [1.29, 1.82) is 5.26 Å². The zero-order chi connectivity index (χ0) is 16.7. The molecule has 0 saturated carbocycles. The highest BCUT2D eigenvalue weighted by atomic mass is 35.5. The number of rotatable bonds is 2. The Kier molecular flexibility index (Phi) is 4.07. The smallest absolute Gasteiger partial charge is 0.131 e. The predicted octanol–water partition coefficient (Wildman–Crippen LogP) is 3.82. The molecule has 1 aromatic heterocycles. The first-order valence-corrected chi connectivity index (χ1v) is 9.08. The van der Waals surface area contributed by atoms with Gasteiger partial charge < -0.3 is 9.80 Å². The summed E-state index contributed by atoms with van der Waals surface area (Å²) < 4.78 is 0. The third-order valence-corrected chi connectivity index (χ3v) is 5.69. The lowest BCUT2D eigenvalue weighted by Crippen LogP contribution is -2.39. The van der Waals surface area contributed by atoms with Gasteiger partial charge in [0.05, 0.1) is 17.1 Å². The van der Waals surface area contributed by atoms with Crippen LogP contribution in [0.2, 0.25) is 5.02 Å². The highest BCUT2D eigenvalue weighted by Crippen LogP contribution is 2.35. The van der Waals surface area contributed by atoms with E-state index in [1.165, 1.54) is 19.3 Å². The lowest BCUT2D eigenvalue weighted by atomic mass is 10.1. The number of benzene rings is 1. The lowest BCUT2D eigenvalue weighted by molar-refractivity contribution is 0.273. The van der Waals surface area contributed by atoms with Crippen LogP contribution >= 0.6 is 11.6 Å². The maximum Gasteiger partial charge on any atom is 0.131 e. The van der Waals surface area contributed by atoms with Crippen LogP contribution in [0.4, 0.5) is 5.82 Å². The maximum absolute atomic E-state index is 9.58. The van der Waals surface area contributed by atoms with Crippen LogP contribution in [0.1, 0.15) is 31.7 Å². The van der Waals surface area contributed by atoms with E-state index < -0.39 is 0 Å². The van der Waals surface area contributed by atoms with Gasteiger partial charge in [-0.15, -0.1) is 0 Å². The van der Waals surface area contributed by atoms with Crippen LogP contribution in [-0.4, -0.2) is 41.6 Å². The largest absolute Gasteiger partial charge is 0.349 e. The second-order valence-corrected chi connectivity index (χ2v) is 7.21. The first-order chi connectivity index (χ1) is 11.7. The van der Waals surface area contributed by atoms with E-state index in [2.05, 4.69) is 22.8 Å². The molecule has 4 nitrogen and oxygen atoms in total. The number of pyridine rings is 1. The molecule has 124 valence electrons. The van der Waals surface area contributed by atoms with Crippen molar-refractivity contribution in [1.82, 2.24) is 9.88 Å². The van der Waals surface area contributed by atoms with Crippen LogP contribution in [-0.2, 0) is 0 Å². The zero-order valence-corrected chi connectivity index (χ0v) is 14.6. The molecular formula is C19H21ClN4. The number of hydrogen-bond donors (Lipinski definition) is 0. The van der Waals surface area contributed by atoms with Gasteiger partial charge in [-0.05, 0) is 50.1 Å². The third kappa shape index (κ3) is 2.62. The van der Waals surface area contributed by atoms with Crippen molar-refractivity contribution < 1.29 is 0 Å². The molecule has 2 unspecified atom stereocenters. The summed E-state index contributed by atoms with van der Waals surface area (Å²) in [7, 11) is 0. The van der Waals surface area contributed by atoms with Gasteiger partial charge in [-0.3, -0.25) is 0 Å². The molecule has 0 amide bonds. The van der Waals surface area contributed by atoms with E-state index in [9.17, 15) is 5.26 Å². The quantitative estimate of drug-likeness (QED) is 0.833. The second-order valence-electron chi connectivity index (χ2n) is 6.78. The Morgan fingerprint density at radius 3 is 2.88 bits per heavy atom. The minimum Gasteiger partial charge on any atom is -0.349 e. The van der Waals surface area contributed by atoms with E-state index in [0.29, 0.717) is 22.7 Å². The summed E-state index contributed by atoms with van der Waals surface area (Å²) in [5, 5.41) is 11.1. The van der Waals surface area contributed by atoms with Gasteiger partial charge in [0.15, 0.2) is 0 Å². The standard InChI is InChI=1S/C19H21ClN4/c1-2-23-8-7-15-4-5-16(12-23)24(15)19-9-13(11-21)17-10-14(20)3-6-18(17)22-19/h3,6,9-10,15-16H,2,4-5,7-8,12H2,1H3. The van der Waals surface area contributed by atoms with E-state index in [0.717, 1.165) is 36.4 Å². The van der Waals surface area contributed by atoms with Crippen molar-refractivity contribution in [3.05, 3.63) is 34.9 Å². The average Bonchev–Trinajstić information content (AvgIpc) is 2.88. The van der Waals surface area contributed by atoms with E-state index in [-0.39, 0.29) is 0 Å². The minimum atomic E-state index is 0.501. The summed E-state index contributed by atoms with van der Waals surface area (Å²) in [4.78, 5) is 9.89. The number of nitrogens with zero attached hydrogens (tertiary/aromatic N) is 4. The van der Waals surface area contributed by atoms with Gasteiger partial charge in [0.2, 0.25) is 0 Å². The van der Waals surface area contributed by atoms with Crippen LogP contribution < -0.4 is 4.90 Å². The molecule has 2 fully saturated rings. The monoisotopic (exact) mass is 340 g/mol. The molecular weight excluding hydrogens is 320 g/mol.